The second kappa shape index (κ2) is 10.3. The minimum absolute atomic E-state index is 0.0204. The SMILES string of the molecule is O=C(CBr)N[C@H]1CC[C@H](Nc2ncc(Cl)c(-c3cccc(-n4ccccc4=O)c3)n2)CC1. The maximum atomic E-state index is 12.2. The first-order valence-electron chi connectivity index (χ1n) is 10.5. The largest absolute Gasteiger partial charge is 0.353 e. The highest BCUT2D eigenvalue weighted by molar-refractivity contribution is 9.09. The summed E-state index contributed by atoms with van der Waals surface area (Å²) in [7, 11) is 0. The fourth-order valence-corrected chi connectivity index (χ4v) is 4.28. The molecular formula is C23H23BrClN5O2. The minimum Gasteiger partial charge on any atom is -0.353 e. The molecule has 1 aliphatic rings. The first-order chi connectivity index (χ1) is 15.5. The number of amides is 1. The number of aromatic nitrogens is 3. The molecule has 0 atom stereocenters. The molecule has 1 saturated carbocycles. The van der Waals surface area contributed by atoms with Crippen LogP contribution >= 0.6 is 27.5 Å². The molecule has 0 unspecified atom stereocenters. The van der Waals surface area contributed by atoms with Crippen LogP contribution in [0.15, 0.2) is 59.7 Å². The van der Waals surface area contributed by atoms with Crippen molar-refractivity contribution < 1.29 is 4.79 Å². The lowest BCUT2D eigenvalue weighted by Crippen LogP contribution is -2.40. The zero-order valence-electron chi connectivity index (χ0n) is 17.3. The van der Waals surface area contributed by atoms with Gasteiger partial charge in [-0.25, -0.2) is 9.97 Å². The van der Waals surface area contributed by atoms with Crippen molar-refractivity contribution in [2.45, 2.75) is 37.8 Å². The van der Waals surface area contributed by atoms with Gasteiger partial charge in [0.1, 0.15) is 0 Å². The van der Waals surface area contributed by atoms with Crippen LogP contribution in [0.1, 0.15) is 25.7 Å². The van der Waals surface area contributed by atoms with E-state index in [-0.39, 0.29) is 23.6 Å². The van der Waals surface area contributed by atoms with Gasteiger partial charge in [-0.2, -0.15) is 0 Å². The van der Waals surface area contributed by atoms with Crippen molar-refractivity contribution in [3.05, 3.63) is 70.2 Å². The van der Waals surface area contributed by atoms with Crippen molar-refractivity contribution in [2.75, 3.05) is 10.6 Å². The first-order valence-corrected chi connectivity index (χ1v) is 12.0. The third kappa shape index (κ3) is 5.37. The topological polar surface area (TPSA) is 88.9 Å². The summed E-state index contributed by atoms with van der Waals surface area (Å²) < 4.78 is 1.57. The van der Waals surface area contributed by atoms with Crippen LogP contribution in [0, 0.1) is 0 Å². The van der Waals surface area contributed by atoms with E-state index in [4.69, 9.17) is 11.6 Å². The van der Waals surface area contributed by atoms with Gasteiger partial charge >= 0.3 is 0 Å². The van der Waals surface area contributed by atoms with Crippen molar-refractivity contribution in [3.63, 3.8) is 0 Å². The molecule has 3 aromatic rings. The number of halogens is 2. The van der Waals surface area contributed by atoms with Crippen molar-refractivity contribution >= 4 is 39.4 Å². The molecule has 0 spiro atoms. The van der Waals surface area contributed by atoms with Gasteiger partial charge in [-0.05, 0) is 43.9 Å². The van der Waals surface area contributed by atoms with Crippen LogP contribution in [0.2, 0.25) is 5.02 Å². The third-order valence-corrected chi connectivity index (χ3v) is 6.30. The molecule has 0 bridgehead atoms. The number of alkyl halides is 1. The molecule has 1 amide bonds. The van der Waals surface area contributed by atoms with E-state index in [2.05, 4.69) is 36.5 Å². The number of nitrogens with one attached hydrogen (secondary N) is 2. The molecule has 4 rings (SSSR count). The lowest BCUT2D eigenvalue weighted by atomic mass is 9.91. The number of carbonyl (C=O) groups is 1. The van der Waals surface area contributed by atoms with Gasteiger partial charge in [-0.1, -0.05) is 45.7 Å². The van der Waals surface area contributed by atoms with Crippen LogP contribution in [0.4, 0.5) is 5.95 Å². The lowest BCUT2D eigenvalue weighted by Gasteiger charge is -2.29. The number of carbonyl (C=O) groups excluding carboxylic acids is 1. The monoisotopic (exact) mass is 515 g/mol. The summed E-state index contributed by atoms with van der Waals surface area (Å²) in [6, 6.07) is 13.0. The van der Waals surface area contributed by atoms with E-state index in [9.17, 15) is 9.59 Å². The van der Waals surface area contributed by atoms with E-state index in [1.165, 1.54) is 6.07 Å². The Kier molecular flexibility index (Phi) is 7.22. The maximum Gasteiger partial charge on any atom is 0.255 e. The second-order valence-corrected chi connectivity index (χ2v) is 8.71. The molecule has 7 nitrogen and oxygen atoms in total. The highest BCUT2D eigenvalue weighted by atomic mass is 79.9. The first kappa shape index (κ1) is 22.5. The summed E-state index contributed by atoms with van der Waals surface area (Å²) in [5.74, 6) is 0.534. The molecule has 0 radical (unpaired) electrons. The van der Waals surface area contributed by atoms with Gasteiger partial charge in [-0.15, -0.1) is 0 Å². The van der Waals surface area contributed by atoms with Crippen LogP contribution in [-0.2, 0) is 4.79 Å². The van der Waals surface area contributed by atoms with Crippen molar-refractivity contribution in [2.24, 2.45) is 0 Å². The molecule has 1 aromatic carbocycles. The predicted octanol–water partition coefficient (Wildman–Crippen LogP) is 4.18. The van der Waals surface area contributed by atoms with E-state index >= 15 is 0 Å². The van der Waals surface area contributed by atoms with Gasteiger partial charge in [0.05, 0.1) is 22.2 Å². The Morgan fingerprint density at radius 1 is 1.12 bits per heavy atom. The lowest BCUT2D eigenvalue weighted by molar-refractivity contribution is -0.119. The van der Waals surface area contributed by atoms with Gasteiger partial charge in [0, 0.05) is 35.6 Å². The van der Waals surface area contributed by atoms with E-state index < -0.39 is 0 Å². The van der Waals surface area contributed by atoms with Crippen molar-refractivity contribution in [3.8, 4) is 16.9 Å². The molecule has 2 heterocycles. The van der Waals surface area contributed by atoms with Gasteiger partial charge in [-0.3, -0.25) is 14.2 Å². The highest BCUT2D eigenvalue weighted by Gasteiger charge is 2.23. The Morgan fingerprint density at radius 2 is 1.91 bits per heavy atom. The average Bonchev–Trinajstić information content (AvgIpc) is 2.82. The number of hydrogen-bond donors (Lipinski definition) is 2. The molecule has 2 N–H and O–H groups in total. The number of anilines is 1. The number of nitrogens with zero attached hydrogens (tertiary/aromatic N) is 3. The van der Waals surface area contributed by atoms with Gasteiger partial charge < -0.3 is 10.6 Å². The van der Waals surface area contributed by atoms with Gasteiger partial charge in [0.15, 0.2) is 0 Å². The second-order valence-electron chi connectivity index (χ2n) is 7.74. The fraction of sp³-hybridized carbons (Fsp3) is 0.304. The smallest absolute Gasteiger partial charge is 0.255 e. The standard InChI is InChI=1S/C23H23BrClN5O2/c24-13-20(31)27-16-7-9-17(10-8-16)28-23-26-14-19(25)22(29-23)15-4-3-5-18(12-15)30-11-2-1-6-21(30)32/h1-6,11-12,14,16-17H,7-10,13H2,(H,27,31)(H,26,28,29)/t16-,17-. The van der Waals surface area contributed by atoms with Crippen LogP contribution in [0.3, 0.4) is 0 Å². The molecule has 0 aliphatic heterocycles. The van der Waals surface area contributed by atoms with Gasteiger partial charge in [0.2, 0.25) is 11.9 Å². The van der Waals surface area contributed by atoms with Crippen LogP contribution in [0.25, 0.3) is 16.9 Å². The zero-order valence-corrected chi connectivity index (χ0v) is 19.6. The van der Waals surface area contributed by atoms with Crippen LogP contribution in [0.5, 0.6) is 0 Å². The minimum atomic E-state index is -0.108. The Morgan fingerprint density at radius 3 is 2.66 bits per heavy atom. The average molecular weight is 517 g/mol. The van der Waals surface area contributed by atoms with E-state index in [0.717, 1.165) is 36.9 Å². The van der Waals surface area contributed by atoms with E-state index in [1.54, 1.807) is 23.0 Å². The molecule has 1 fully saturated rings. The normalized spacial score (nSPS) is 18.2. The van der Waals surface area contributed by atoms with Crippen LogP contribution in [-0.4, -0.2) is 37.9 Å². The Labute approximate surface area is 199 Å². The predicted molar refractivity (Wildman–Crippen MR) is 130 cm³/mol. The van der Waals surface area contributed by atoms with E-state index in [1.807, 2.05) is 30.3 Å². The molecule has 9 heteroatoms. The molecule has 2 aromatic heterocycles. The van der Waals surface area contributed by atoms with Gasteiger partial charge in [0.25, 0.3) is 5.56 Å². The summed E-state index contributed by atoms with van der Waals surface area (Å²) in [4.78, 5) is 32.8. The number of benzene rings is 1. The van der Waals surface area contributed by atoms with E-state index in [0.29, 0.717) is 22.0 Å². The summed E-state index contributed by atoms with van der Waals surface area (Å²) in [6.07, 6.45) is 6.97. The zero-order chi connectivity index (χ0) is 22.5. The third-order valence-electron chi connectivity index (χ3n) is 5.51. The summed E-state index contributed by atoms with van der Waals surface area (Å²) >= 11 is 9.60. The molecule has 166 valence electrons. The molecule has 32 heavy (non-hydrogen) atoms. The maximum absolute atomic E-state index is 12.2. The summed E-state index contributed by atoms with van der Waals surface area (Å²) in [5, 5.41) is 7.20. The Hall–Kier alpha value is -2.71. The van der Waals surface area contributed by atoms with Crippen molar-refractivity contribution in [1.82, 2.24) is 19.9 Å². The fourth-order valence-electron chi connectivity index (χ4n) is 3.91. The quantitative estimate of drug-likeness (QED) is 0.480. The number of hydrogen-bond acceptors (Lipinski definition) is 5. The Bertz CT molecular complexity index is 1160. The summed E-state index contributed by atoms with van der Waals surface area (Å²) in [6.45, 7) is 0. The van der Waals surface area contributed by atoms with Crippen molar-refractivity contribution in [1.29, 1.82) is 0 Å². The highest BCUT2D eigenvalue weighted by Crippen LogP contribution is 2.28. The summed E-state index contributed by atoms with van der Waals surface area (Å²) in [5.41, 5.74) is 2.04. The molecular weight excluding hydrogens is 494 g/mol. The number of pyridine rings is 1. The Balaban J connectivity index is 1.50. The number of rotatable bonds is 6. The van der Waals surface area contributed by atoms with Crippen LogP contribution < -0.4 is 16.2 Å². The molecule has 1 aliphatic carbocycles. The molecule has 0 saturated heterocycles.